The first-order valence-corrected chi connectivity index (χ1v) is 10.6. The Hall–Kier alpha value is -2.67. The summed E-state index contributed by atoms with van der Waals surface area (Å²) in [6.45, 7) is 4.29. The second kappa shape index (κ2) is 7.99. The van der Waals surface area contributed by atoms with Crippen LogP contribution in [-0.2, 0) is 19.4 Å². The average Bonchev–Trinajstić information content (AvgIpc) is 3.42. The summed E-state index contributed by atoms with van der Waals surface area (Å²) >= 11 is 0. The van der Waals surface area contributed by atoms with Crippen LogP contribution in [0.25, 0.3) is 5.78 Å². The molecule has 3 heterocycles. The van der Waals surface area contributed by atoms with Crippen molar-refractivity contribution in [2.45, 2.75) is 38.6 Å². The molecule has 1 saturated heterocycles. The first kappa shape index (κ1) is 18.4. The highest BCUT2D eigenvalue weighted by molar-refractivity contribution is 5.54. The van der Waals surface area contributed by atoms with E-state index >= 15 is 0 Å². The van der Waals surface area contributed by atoms with Crippen LogP contribution < -0.4 is 10.1 Å². The maximum atomic E-state index is 5.25. The Morgan fingerprint density at radius 3 is 2.76 bits per heavy atom. The molecule has 1 N–H and O–H groups in total. The number of hydrogen-bond acceptors (Lipinski definition) is 6. The van der Waals surface area contributed by atoms with Crippen molar-refractivity contribution in [1.82, 2.24) is 24.5 Å². The topological polar surface area (TPSA) is 67.6 Å². The molecule has 0 atom stereocenters. The third-order valence-corrected chi connectivity index (χ3v) is 6.28. The fraction of sp³-hybridized carbons (Fsp3) is 0.500. The van der Waals surface area contributed by atoms with Crippen LogP contribution in [0.1, 0.15) is 36.1 Å². The van der Waals surface area contributed by atoms with Crippen LogP contribution in [0.5, 0.6) is 5.75 Å². The van der Waals surface area contributed by atoms with Crippen LogP contribution in [0.2, 0.25) is 0 Å². The van der Waals surface area contributed by atoms with E-state index in [0.717, 1.165) is 50.6 Å². The lowest BCUT2D eigenvalue weighted by Gasteiger charge is -2.32. The van der Waals surface area contributed by atoms with Crippen LogP contribution >= 0.6 is 0 Å². The number of fused-ring (bicyclic) bond motifs is 2. The maximum Gasteiger partial charge on any atom is 0.254 e. The zero-order chi connectivity index (χ0) is 19.6. The van der Waals surface area contributed by atoms with Crippen molar-refractivity contribution in [2.24, 2.45) is 5.92 Å². The largest absolute Gasteiger partial charge is 0.497 e. The van der Waals surface area contributed by atoms with E-state index < -0.39 is 0 Å². The minimum Gasteiger partial charge on any atom is -0.497 e. The van der Waals surface area contributed by atoms with Crippen molar-refractivity contribution in [2.75, 3.05) is 32.1 Å². The van der Waals surface area contributed by atoms with Gasteiger partial charge in [-0.3, -0.25) is 4.90 Å². The predicted molar refractivity (Wildman–Crippen MR) is 112 cm³/mol. The summed E-state index contributed by atoms with van der Waals surface area (Å²) in [6.07, 6.45) is 7.35. The highest BCUT2D eigenvalue weighted by Crippen LogP contribution is 2.29. The second-order valence-electron chi connectivity index (χ2n) is 8.16. The molecule has 0 saturated carbocycles. The van der Waals surface area contributed by atoms with Crippen molar-refractivity contribution in [3.05, 3.63) is 47.4 Å². The minimum atomic E-state index is 0.686. The minimum absolute atomic E-state index is 0.686. The van der Waals surface area contributed by atoms with Crippen molar-refractivity contribution in [3.8, 4) is 5.75 Å². The average molecular weight is 393 g/mol. The molecule has 29 heavy (non-hydrogen) atoms. The molecule has 152 valence electrons. The van der Waals surface area contributed by atoms with Crippen molar-refractivity contribution in [3.63, 3.8) is 0 Å². The molecule has 0 bridgehead atoms. The van der Waals surface area contributed by atoms with Crippen molar-refractivity contribution in [1.29, 1.82) is 0 Å². The molecule has 1 aromatic carbocycles. The van der Waals surface area contributed by atoms with E-state index in [-0.39, 0.29) is 0 Å². The number of benzene rings is 1. The number of aryl methyl sites for hydroxylation is 1. The molecule has 1 fully saturated rings. The van der Waals surface area contributed by atoms with Gasteiger partial charge in [0.05, 0.1) is 12.8 Å². The van der Waals surface area contributed by atoms with E-state index in [0.29, 0.717) is 11.7 Å². The summed E-state index contributed by atoms with van der Waals surface area (Å²) in [7, 11) is 1.71. The summed E-state index contributed by atoms with van der Waals surface area (Å²) in [5.74, 6) is 3.43. The molecule has 5 rings (SSSR count). The van der Waals surface area contributed by atoms with Crippen LogP contribution in [0.3, 0.4) is 0 Å². The van der Waals surface area contributed by atoms with Gasteiger partial charge in [-0.2, -0.15) is 14.6 Å². The molecule has 0 spiro atoms. The zero-order valence-corrected chi connectivity index (χ0v) is 17.0. The fourth-order valence-corrected chi connectivity index (χ4v) is 4.58. The molecule has 7 nitrogen and oxygen atoms in total. The molecule has 0 unspecified atom stereocenters. The molecule has 2 aromatic heterocycles. The Kier molecular flexibility index (Phi) is 5.06. The SMILES string of the molecule is COc1ccc(CN2CCC(CNc3c4c(nc5ncnn35)CCC4)CC2)cc1. The Morgan fingerprint density at radius 2 is 1.97 bits per heavy atom. The van der Waals surface area contributed by atoms with E-state index in [1.165, 1.54) is 36.1 Å². The number of hydrogen-bond donors (Lipinski definition) is 1. The van der Waals surface area contributed by atoms with E-state index in [9.17, 15) is 0 Å². The number of aromatic nitrogens is 4. The van der Waals surface area contributed by atoms with Gasteiger partial charge in [0.15, 0.2) is 0 Å². The normalized spacial score (nSPS) is 17.6. The molecule has 7 heteroatoms. The van der Waals surface area contributed by atoms with Crippen molar-refractivity contribution >= 4 is 11.6 Å². The van der Waals surface area contributed by atoms with Gasteiger partial charge in [0, 0.05) is 18.7 Å². The lowest BCUT2D eigenvalue weighted by atomic mass is 9.96. The predicted octanol–water partition coefficient (Wildman–Crippen LogP) is 2.95. The Labute approximate surface area is 171 Å². The molecule has 0 radical (unpaired) electrons. The van der Waals surface area contributed by atoms with Gasteiger partial charge in [0.1, 0.15) is 17.9 Å². The summed E-state index contributed by atoms with van der Waals surface area (Å²) in [5, 5.41) is 8.10. The van der Waals surface area contributed by atoms with Crippen LogP contribution in [0.15, 0.2) is 30.6 Å². The number of likely N-dealkylation sites (tertiary alicyclic amines) is 1. The second-order valence-corrected chi connectivity index (χ2v) is 8.16. The van der Waals surface area contributed by atoms with Crippen LogP contribution in [0.4, 0.5) is 5.82 Å². The number of piperidine rings is 1. The molecule has 3 aromatic rings. The Bertz CT molecular complexity index is 975. The van der Waals surface area contributed by atoms with Gasteiger partial charge in [-0.05, 0) is 68.8 Å². The number of anilines is 1. The van der Waals surface area contributed by atoms with Gasteiger partial charge in [-0.1, -0.05) is 12.1 Å². The molecular formula is C22H28N6O. The molecule has 0 amide bonds. The lowest BCUT2D eigenvalue weighted by Crippen LogP contribution is -2.35. The van der Waals surface area contributed by atoms with Gasteiger partial charge in [-0.25, -0.2) is 4.98 Å². The van der Waals surface area contributed by atoms with Crippen LogP contribution in [0, 0.1) is 5.92 Å². The van der Waals surface area contributed by atoms with Crippen molar-refractivity contribution < 1.29 is 4.74 Å². The quantitative estimate of drug-likeness (QED) is 0.696. The molecular weight excluding hydrogens is 364 g/mol. The molecule has 2 aliphatic rings. The van der Waals surface area contributed by atoms with Gasteiger partial charge >= 0.3 is 0 Å². The maximum absolute atomic E-state index is 5.25. The van der Waals surface area contributed by atoms with Gasteiger partial charge in [0.25, 0.3) is 5.78 Å². The highest BCUT2D eigenvalue weighted by atomic mass is 16.5. The van der Waals surface area contributed by atoms with Gasteiger partial charge in [0.2, 0.25) is 0 Å². The van der Waals surface area contributed by atoms with E-state index in [4.69, 9.17) is 4.74 Å². The number of methoxy groups -OCH3 is 1. The van der Waals surface area contributed by atoms with E-state index in [1.807, 2.05) is 16.6 Å². The third kappa shape index (κ3) is 3.79. The fourth-order valence-electron chi connectivity index (χ4n) is 4.58. The monoisotopic (exact) mass is 392 g/mol. The summed E-state index contributed by atoms with van der Waals surface area (Å²) in [4.78, 5) is 11.5. The Balaban J connectivity index is 1.18. The van der Waals surface area contributed by atoms with E-state index in [2.05, 4.69) is 37.4 Å². The number of rotatable bonds is 6. The smallest absolute Gasteiger partial charge is 0.254 e. The Morgan fingerprint density at radius 1 is 1.14 bits per heavy atom. The van der Waals surface area contributed by atoms with Gasteiger partial charge in [-0.15, -0.1) is 0 Å². The van der Waals surface area contributed by atoms with Crippen LogP contribution in [-0.4, -0.2) is 51.2 Å². The lowest BCUT2D eigenvalue weighted by molar-refractivity contribution is 0.182. The molecule has 1 aliphatic carbocycles. The highest BCUT2D eigenvalue weighted by Gasteiger charge is 2.23. The first-order valence-electron chi connectivity index (χ1n) is 10.6. The standard InChI is InChI=1S/C22H28N6O/c1-29-18-7-5-17(6-8-18)14-27-11-9-16(10-12-27)13-23-21-19-3-2-4-20(19)26-22-24-15-25-28(21)22/h5-8,15-16,23H,2-4,9-14H2,1H3. The summed E-state index contributed by atoms with van der Waals surface area (Å²) in [5.41, 5.74) is 3.88. The summed E-state index contributed by atoms with van der Waals surface area (Å²) < 4.78 is 7.13. The molecule has 1 aliphatic heterocycles. The zero-order valence-electron chi connectivity index (χ0n) is 17.0. The van der Waals surface area contributed by atoms with Gasteiger partial charge < -0.3 is 10.1 Å². The summed E-state index contributed by atoms with van der Waals surface area (Å²) in [6, 6.07) is 8.42. The number of nitrogens with one attached hydrogen (secondary N) is 1. The van der Waals surface area contributed by atoms with E-state index in [1.54, 1.807) is 13.4 Å². The number of nitrogens with zero attached hydrogens (tertiary/aromatic N) is 5. The number of ether oxygens (including phenoxy) is 1. The third-order valence-electron chi connectivity index (χ3n) is 6.28. The first-order chi connectivity index (χ1) is 14.3.